The molecule has 3 N–H and O–H groups in total. The molecule has 0 atom stereocenters. The number of hydrogen-bond donors (Lipinski definition) is 2. The molecule has 0 spiro atoms. The van der Waals surface area contributed by atoms with Crippen LogP contribution < -0.4 is 11.1 Å². The van der Waals surface area contributed by atoms with E-state index >= 15 is 0 Å². The topological polar surface area (TPSA) is 166 Å². The number of amides is 2. The van der Waals surface area contributed by atoms with E-state index in [0.29, 0.717) is 65.4 Å². The maximum absolute atomic E-state index is 12.8. The van der Waals surface area contributed by atoms with Crippen molar-refractivity contribution >= 4 is 6.03 Å². The van der Waals surface area contributed by atoms with Gasteiger partial charge in [-0.2, -0.15) is 21.0 Å². The van der Waals surface area contributed by atoms with E-state index in [1.54, 1.807) is 9.80 Å². The van der Waals surface area contributed by atoms with Gasteiger partial charge in [-0.05, 0) is 0 Å². The summed E-state index contributed by atoms with van der Waals surface area (Å²) in [5, 5.41) is 38.5. The average Bonchev–Trinajstić information content (AvgIpc) is 3.16. The molecule has 1 saturated heterocycles. The SMILES string of the molecule is N#CCNCCN(CCN)CCN1CCN(CCN(CC#N)CCN(CC#N)CC#N)C1=O. The summed E-state index contributed by atoms with van der Waals surface area (Å²) in [7, 11) is 0. The van der Waals surface area contributed by atoms with Crippen molar-refractivity contribution in [2.24, 2.45) is 5.73 Å². The summed E-state index contributed by atoms with van der Waals surface area (Å²) in [6.45, 7) is 8.42. The van der Waals surface area contributed by atoms with Crippen LogP contribution in [0.15, 0.2) is 0 Å². The highest BCUT2D eigenvalue weighted by Gasteiger charge is 2.28. The Morgan fingerprint density at radius 2 is 1.30 bits per heavy atom. The zero-order chi connectivity index (χ0) is 24.3. The van der Waals surface area contributed by atoms with Gasteiger partial charge in [-0.1, -0.05) is 0 Å². The number of urea groups is 1. The highest BCUT2D eigenvalue weighted by molar-refractivity contribution is 5.76. The smallest absolute Gasteiger partial charge is 0.320 e. The summed E-state index contributed by atoms with van der Waals surface area (Å²) in [5.41, 5.74) is 5.70. The Hall–Kier alpha value is -2.97. The van der Waals surface area contributed by atoms with E-state index in [0.717, 1.165) is 19.6 Å². The van der Waals surface area contributed by atoms with Gasteiger partial charge in [0.2, 0.25) is 0 Å². The molecule has 1 aliphatic rings. The molecule has 2 amide bonds. The summed E-state index contributed by atoms with van der Waals surface area (Å²) < 4.78 is 0. The van der Waals surface area contributed by atoms with Crippen LogP contribution in [0.2, 0.25) is 0 Å². The van der Waals surface area contributed by atoms with Gasteiger partial charge in [0.15, 0.2) is 0 Å². The first-order valence-corrected chi connectivity index (χ1v) is 11.2. The van der Waals surface area contributed by atoms with Crippen LogP contribution in [0.25, 0.3) is 0 Å². The van der Waals surface area contributed by atoms with Gasteiger partial charge in [-0.15, -0.1) is 0 Å². The minimum atomic E-state index is -0.00204. The second-order valence-electron chi connectivity index (χ2n) is 7.68. The Bertz CT molecular complexity index is 716. The summed E-state index contributed by atoms with van der Waals surface area (Å²) >= 11 is 0. The van der Waals surface area contributed by atoms with E-state index in [9.17, 15) is 4.79 Å². The van der Waals surface area contributed by atoms with E-state index < -0.39 is 0 Å². The van der Waals surface area contributed by atoms with Gasteiger partial charge < -0.3 is 20.9 Å². The fourth-order valence-corrected chi connectivity index (χ4v) is 3.54. The number of rotatable bonds is 18. The molecule has 180 valence electrons. The van der Waals surface area contributed by atoms with E-state index in [-0.39, 0.29) is 25.7 Å². The average molecular weight is 458 g/mol. The van der Waals surface area contributed by atoms with Crippen LogP contribution in [0.5, 0.6) is 0 Å². The molecule has 12 heteroatoms. The van der Waals surface area contributed by atoms with Crippen LogP contribution in [0.4, 0.5) is 4.79 Å². The van der Waals surface area contributed by atoms with Crippen LogP contribution >= 0.6 is 0 Å². The van der Waals surface area contributed by atoms with Crippen LogP contribution in [0.3, 0.4) is 0 Å². The highest BCUT2D eigenvalue weighted by atomic mass is 16.2. The lowest BCUT2D eigenvalue weighted by Crippen LogP contribution is -2.43. The van der Waals surface area contributed by atoms with E-state index in [4.69, 9.17) is 26.8 Å². The normalized spacial score (nSPS) is 13.4. The van der Waals surface area contributed by atoms with Crippen molar-refractivity contribution < 1.29 is 4.79 Å². The summed E-state index contributed by atoms with van der Waals surface area (Å²) in [5.74, 6) is 0. The summed E-state index contributed by atoms with van der Waals surface area (Å²) in [4.78, 5) is 22.3. The third kappa shape index (κ3) is 11.5. The monoisotopic (exact) mass is 457 g/mol. The number of hydrogen-bond acceptors (Lipinski definition) is 10. The predicted octanol–water partition coefficient (Wildman–Crippen LogP) is -1.73. The zero-order valence-corrected chi connectivity index (χ0v) is 19.3. The van der Waals surface area contributed by atoms with Crippen molar-refractivity contribution in [2.45, 2.75) is 0 Å². The lowest BCUT2D eigenvalue weighted by atomic mass is 10.4. The quantitative estimate of drug-likeness (QED) is 0.178. The molecule has 0 aromatic rings. The van der Waals surface area contributed by atoms with Gasteiger partial charge in [-0.25, -0.2) is 4.79 Å². The first-order chi connectivity index (χ1) is 16.1. The number of carbonyl (C=O) groups is 1. The van der Waals surface area contributed by atoms with Gasteiger partial charge in [-0.3, -0.25) is 14.7 Å². The molecule has 33 heavy (non-hydrogen) atoms. The molecule has 0 aliphatic carbocycles. The van der Waals surface area contributed by atoms with Crippen molar-refractivity contribution in [3.8, 4) is 24.3 Å². The van der Waals surface area contributed by atoms with Crippen LogP contribution in [0, 0.1) is 45.3 Å². The second-order valence-corrected chi connectivity index (χ2v) is 7.68. The Kier molecular flexibility index (Phi) is 14.9. The van der Waals surface area contributed by atoms with Gasteiger partial charge >= 0.3 is 6.03 Å². The van der Waals surface area contributed by atoms with Crippen molar-refractivity contribution in [3.63, 3.8) is 0 Å². The molecule has 0 bridgehead atoms. The Labute approximate surface area is 196 Å². The van der Waals surface area contributed by atoms with Crippen molar-refractivity contribution in [2.75, 3.05) is 105 Å². The number of nitrogens with two attached hydrogens (primary N) is 1. The fraction of sp³-hybridized carbons (Fsp3) is 0.762. The molecule has 0 aromatic heterocycles. The minimum absolute atomic E-state index is 0.00204. The molecular weight excluding hydrogens is 422 g/mol. The number of nitrogens with one attached hydrogen (secondary N) is 1. The van der Waals surface area contributed by atoms with Crippen molar-refractivity contribution in [3.05, 3.63) is 0 Å². The highest BCUT2D eigenvalue weighted by Crippen LogP contribution is 2.09. The lowest BCUT2D eigenvalue weighted by Gasteiger charge is -2.26. The Morgan fingerprint density at radius 3 is 1.85 bits per heavy atom. The Morgan fingerprint density at radius 1 is 0.758 bits per heavy atom. The molecule has 1 aliphatic heterocycles. The zero-order valence-electron chi connectivity index (χ0n) is 19.3. The third-order valence-corrected chi connectivity index (χ3v) is 5.42. The second kappa shape index (κ2) is 17.6. The van der Waals surface area contributed by atoms with Crippen LogP contribution in [0.1, 0.15) is 0 Å². The van der Waals surface area contributed by atoms with Crippen molar-refractivity contribution in [1.82, 2.24) is 29.8 Å². The Balaban J connectivity index is 2.45. The van der Waals surface area contributed by atoms with Gasteiger partial charge in [0, 0.05) is 78.5 Å². The van der Waals surface area contributed by atoms with Crippen LogP contribution in [-0.2, 0) is 0 Å². The van der Waals surface area contributed by atoms with E-state index in [1.165, 1.54) is 0 Å². The first-order valence-electron chi connectivity index (χ1n) is 11.2. The van der Waals surface area contributed by atoms with Gasteiger partial charge in [0.05, 0.1) is 50.5 Å². The summed E-state index contributed by atoms with van der Waals surface area (Å²) in [6, 6.07) is 8.29. The van der Waals surface area contributed by atoms with Gasteiger partial charge in [0.25, 0.3) is 0 Å². The maximum atomic E-state index is 12.8. The fourth-order valence-electron chi connectivity index (χ4n) is 3.54. The molecule has 1 fully saturated rings. The standard InChI is InChI=1S/C21H35N11O/c22-1-6-27-7-12-29(10-4-25)15-17-31-19-20-32(21(31)33)18-16-30(11-5-26)14-13-28(8-2-23)9-3-24/h27H,4,6-20,25H2. The van der Waals surface area contributed by atoms with Gasteiger partial charge in [0.1, 0.15) is 0 Å². The third-order valence-electron chi connectivity index (χ3n) is 5.42. The number of carbonyl (C=O) groups excluding carboxylic acids is 1. The molecule has 1 heterocycles. The first kappa shape index (κ1) is 28.1. The molecule has 0 aromatic carbocycles. The largest absolute Gasteiger partial charge is 0.329 e. The molecule has 0 unspecified atom stereocenters. The molecular formula is C21H35N11O. The lowest BCUT2D eigenvalue weighted by molar-refractivity contribution is 0.175. The number of nitrogens with zero attached hydrogens (tertiary/aromatic N) is 9. The molecule has 12 nitrogen and oxygen atoms in total. The molecule has 0 radical (unpaired) electrons. The molecule has 1 rings (SSSR count). The number of nitriles is 4. The maximum Gasteiger partial charge on any atom is 0.320 e. The minimum Gasteiger partial charge on any atom is -0.329 e. The molecule has 0 saturated carbocycles. The summed E-state index contributed by atoms with van der Waals surface area (Å²) in [6.07, 6.45) is 0. The van der Waals surface area contributed by atoms with E-state index in [2.05, 4.69) is 22.4 Å². The van der Waals surface area contributed by atoms with Crippen LogP contribution in [-0.4, -0.2) is 135 Å². The predicted molar refractivity (Wildman–Crippen MR) is 122 cm³/mol. The van der Waals surface area contributed by atoms with Crippen molar-refractivity contribution in [1.29, 1.82) is 21.0 Å². The van der Waals surface area contributed by atoms with E-state index in [1.807, 2.05) is 21.9 Å².